The van der Waals surface area contributed by atoms with Crippen molar-refractivity contribution in [2.75, 3.05) is 6.26 Å². The molecule has 0 aliphatic heterocycles. The van der Waals surface area contributed by atoms with Gasteiger partial charge in [0, 0.05) is 4.90 Å². The number of benzene rings is 1. The molecule has 0 aliphatic carbocycles. The SMILES string of the molecule is CC(C)c1cccc(S)c1O.CS(=O)(=O)O. The zero-order chi connectivity index (χ0) is 12.9. The summed E-state index contributed by atoms with van der Waals surface area (Å²) in [7, 11) is -3.67. The second-order valence-electron chi connectivity index (χ2n) is 3.60. The zero-order valence-electron chi connectivity index (χ0n) is 9.38. The topological polar surface area (TPSA) is 74.6 Å². The fraction of sp³-hybridized carbons (Fsp3) is 0.400. The number of phenols is 1. The van der Waals surface area contributed by atoms with Crippen LogP contribution in [0.1, 0.15) is 25.3 Å². The predicted molar refractivity (Wildman–Crippen MR) is 66.9 cm³/mol. The van der Waals surface area contributed by atoms with Crippen molar-refractivity contribution in [1.29, 1.82) is 0 Å². The summed E-state index contributed by atoms with van der Waals surface area (Å²) in [6, 6.07) is 5.60. The van der Waals surface area contributed by atoms with Crippen LogP contribution in [-0.2, 0) is 10.1 Å². The summed E-state index contributed by atoms with van der Waals surface area (Å²) in [6.45, 7) is 4.09. The third-order valence-electron chi connectivity index (χ3n) is 1.67. The maximum absolute atomic E-state index is 9.49. The number of phenolic OH excluding ortho intramolecular Hbond substituents is 1. The van der Waals surface area contributed by atoms with E-state index < -0.39 is 10.1 Å². The van der Waals surface area contributed by atoms with Gasteiger partial charge in [0.25, 0.3) is 10.1 Å². The Hall–Kier alpha value is -0.720. The van der Waals surface area contributed by atoms with Gasteiger partial charge in [0.15, 0.2) is 0 Å². The molecule has 16 heavy (non-hydrogen) atoms. The van der Waals surface area contributed by atoms with Gasteiger partial charge in [-0.25, -0.2) is 0 Å². The molecule has 1 aromatic carbocycles. The Morgan fingerprint density at radius 2 is 1.75 bits per heavy atom. The molecule has 1 rings (SSSR count). The fourth-order valence-electron chi connectivity index (χ4n) is 1.01. The molecule has 0 amide bonds. The molecule has 1 aromatic rings. The average molecular weight is 264 g/mol. The number of aromatic hydroxyl groups is 1. The van der Waals surface area contributed by atoms with Crippen molar-refractivity contribution in [3.05, 3.63) is 23.8 Å². The standard InChI is InChI=1S/C9H12OS.CH4O3S/c1-6(2)7-4-3-5-8(11)9(7)10;1-5(2,3)4/h3-6,10-11H,1-2H3;1H3,(H,2,3,4). The molecule has 0 saturated heterocycles. The Kier molecular flexibility index (Phi) is 5.85. The fourth-order valence-corrected chi connectivity index (χ4v) is 1.23. The quantitative estimate of drug-likeness (QED) is 0.537. The number of rotatable bonds is 1. The highest BCUT2D eigenvalue weighted by atomic mass is 32.2. The minimum Gasteiger partial charge on any atom is -0.506 e. The van der Waals surface area contributed by atoms with Gasteiger partial charge in [0.05, 0.1) is 6.26 Å². The predicted octanol–water partition coefficient (Wildman–Crippen LogP) is 2.31. The van der Waals surface area contributed by atoms with Gasteiger partial charge in [0.1, 0.15) is 5.75 Å². The molecule has 0 saturated carbocycles. The zero-order valence-corrected chi connectivity index (χ0v) is 11.1. The second kappa shape index (κ2) is 6.12. The Morgan fingerprint density at radius 1 is 1.31 bits per heavy atom. The minimum atomic E-state index is -3.67. The summed E-state index contributed by atoms with van der Waals surface area (Å²) in [5.41, 5.74) is 0.956. The van der Waals surface area contributed by atoms with E-state index in [1.807, 2.05) is 26.0 Å². The van der Waals surface area contributed by atoms with Crippen molar-refractivity contribution in [3.63, 3.8) is 0 Å². The van der Waals surface area contributed by atoms with Crippen molar-refractivity contribution in [1.82, 2.24) is 0 Å². The smallest absolute Gasteiger partial charge is 0.261 e. The molecule has 0 spiro atoms. The van der Waals surface area contributed by atoms with E-state index in [4.69, 9.17) is 4.55 Å². The van der Waals surface area contributed by atoms with Gasteiger partial charge in [0.2, 0.25) is 0 Å². The molecule has 6 heteroatoms. The molecule has 0 fully saturated rings. The first-order chi connectivity index (χ1) is 7.13. The van der Waals surface area contributed by atoms with Crippen molar-refractivity contribution in [2.24, 2.45) is 0 Å². The molecule has 0 bridgehead atoms. The lowest BCUT2D eigenvalue weighted by Crippen LogP contribution is -1.88. The lowest BCUT2D eigenvalue weighted by atomic mass is 10.0. The largest absolute Gasteiger partial charge is 0.506 e. The van der Waals surface area contributed by atoms with Crippen LogP contribution in [-0.4, -0.2) is 24.3 Å². The molecular formula is C10H16O4S2. The van der Waals surface area contributed by atoms with E-state index in [1.54, 1.807) is 6.07 Å². The molecule has 0 radical (unpaired) electrons. The van der Waals surface area contributed by atoms with Crippen molar-refractivity contribution >= 4 is 22.7 Å². The monoisotopic (exact) mass is 264 g/mol. The summed E-state index contributed by atoms with van der Waals surface area (Å²) in [5, 5.41) is 9.49. The van der Waals surface area contributed by atoms with E-state index in [-0.39, 0.29) is 0 Å². The summed E-state index contributed by atoms with van der Waals surface area (Å²) < 4.78 is 25.9. The first-order valence-corrected chi connectivity index (χ1v) is 6.85. The summed E-state index contributed by atoms with van der Waals surface area (Å²) >= 11 is 4.11. The van der Waals surface area contributed by atoms with Crippen LogP contribution in [0.25, 0.3) is 0 Å². The van der Waals surface area contributed by atoms with E-state index in [9.17, 15) is 13.5 Å². The minimum absolute atomic E-state index is 0.311. The average Bonchev–Trinajstić information content (AvgIpc) is 2.06. The second-order valence-corrected chi connectivity index (χ2v) is 5.55. The van der Waals surface area contributed by atoms with Gasteiger partial charge >= 0.3 is 0 Å². The molecule has 0 aliphatic rings. The maximum atomic E-state index is 9.49. The number of hydrogen-bond donors (Lipinski definition) is 3. The van der Waals surface area contributed by atoms with Gasteiger partial charge in [-0.2, -0.15) is 8.42 Å². The molecule has 4 nitrogen and oxygen atoms in total. The van der Waals surface area contributed by atoms with Crippen molar-refractivity contribution in [2.45, 2.75) is 24.7 Å². The van der Waals surface area contributed by atoms with Gasteiger partial charge < -0.3 is 5.11 Å². The van der Waals surface area contributed by atoms with E-state index in [1.165, 1.54) is 0 Å². The Labute approximate surface area is 101 Å². The number of para-hydroxylation sites is 1. The molecule has 0 aromatic heterocycles. The van der Waals surface area contributed by atoms with Gasteiger partial charge in [-0.15, -0.1) is 12.6 Å². The van der Waals surface area contributed by atoms with E-state index in [0.29, 0.717) is 22.8 Å². The van der Waals surface area contributed by atoms with Crippen LogP contribution >= 0.6 is 12.6 Å². The molecule has 0 heterocycles. The Morgan fingerprint density at radius 3 is 2.06 bits per heavy atom. The van der Waals surface area contributed by atoms with Gasteiger partial charge in [-0.05, 0) is 17.5 Å². The van der Waals surface area contributed by atoms with Crippen LogP contribution in [0.2, 0.25) is 0 Å². The summed E-state index contributed by atoms with van der Waals surface area (Å²) in [5.74, 6) is 0.660. The van der Waals surface area contributed by atoms with Gasteiger partial charge in [-0.3, -0.25) is 4.55 Å². The van der Waals surface area contributed by atoms with Crippen LogP contribution in [0.5, 0.6) is 5.75 Å². The maximum Gasteiger partial charge on any atom is 0.261 e. The first-order valence-electron chi connectivity index (χ1n) is 4.56. The van der Waals surface area contributed by atoms with Crippen LogP contribution in [0, 0.1) is 0 Å². The molecular weight excluding hydrogens is 248 g/mol. The van der Waals surface area contributed by atoms with Crippen molar-refractivity contribution in [3.8, 4) is 5.75 Å². The number of thiol groups is 1. The van der Waals surface area contributed by atoms with E-state index >= 15 is 0 Å². The first kappa shape index (κ1) is 15.3. The van der Waals surface area contributed by atoms with Crippen molar-refractivity contribution < 1.29 is 18.1 Å². The molecule has 0 atom stereocenters. The lowest BCUT2D eigenvalue weighted by Gasteiger charge is -2.08. The highest BCUT2D eigenvalue weighted by Gasteiger charge is 2.06. The molecule has 2 N–H and O–H groups in total. The van der Waals surface area contributed by atoms with Crippen LogP contribution < -0.4 is 0 Å². The van der Waals surface area contributed by atoms with E-state index in [0.717, 1.165) is 5.56 Å². The number of hydrogen-bond acceptors (Lipinski definition) is 4. The summed E-state index contributed by atoms with van der Waals surface area (Å²) in [4.78, 5) is 0.649. The van der Waals surface area contributed by atoms with Crippen LogP contribution in [0.3, 0.4) is 0 Å². The highest BCUT2D eigenvalue weighted by Crippen LogP contribution is 2.30. The lowest BCUT2D eigenvalue weighted by molar-refractivity contribution is 0.452. The normalized spacial score (nSPS) is 10.9. The van der Waals surface area contributed by atoms with Crippen LogP contribution in [0.4, 0.5) is 0 Å². The summed E-state index contributed by atoms with van der Waals surface area (Å²) in [6.07, 6.45) is 0.715. The Balaban J connectivity index is 0.000000385. The van der Waals surface area contributed by atoms with E-state index in [2.05, 4.69) is 12.6 Å². The third kappa shape index (κ3) is 6.71. The Bertz CT molecular complexity index is 430. The third-order valence-corrected chi connectivity index (χ3v) is 2.03. The molecule has 92 valence electrons. The van der Waals surface area contributed by atoms with Crippen LogP contribution in [0.15, 0.2) is 23.1 Å². The highest BCUT2D eigenvalue weighted by molar-refractivity contribution is 7.85. The molecule has 0 unspecified atom stereocenters. The van der Waals surface area contributed by atoms with Gasteiger partial charge in [-0.1, -0.05) is 26.0 Å².